The number of benzene rings is 1. The average molecular weight is 260 g/mol. The fourth-order valence-corrected chi connectivity index (χ4v) is 2.85. The molecule has 0 spiro atoms. The summed E-state index contributed by atoms with van der Waals surface area (Å²) in [4.78, 5) is 2.55. The van der Waals surface area contributed by atoms with E-state index in [4.69, 9.17) is 5.73 Å². The molecule has 0 radical (unpaired) electrons. The van der Waals surface area contributed by atoms with Crippen LogP contribution in [0, 0.1) is 0 Å². The Morgan fingerprint density at radius 2 is 1.68 bits per heavy atom. The molecule has 2 nitrogen and oxygen atoms in total. The molecular weight excluding hydrogens is 232 g/mol. The van der Waals surface area contributed by atoms with Gasteiger partial charge in [-0.2, -0.15) is 0 Å². The molecule has 19 heavy (non-hydrogen) atoms. The minimum Gasteiger partial charge on any atom is -0.330 e. The summed E-state index contributed by atoms with van der Waals surface area (Å²) in [6.45, 7) is 11.1. The smallest absolute Gasteiger partial charge is 0.00888 e. The number of nitrogens with zero attached hydrogens (tertiary/aromatic N) is 1. The van der Waals surface area contributed by atoms with E-state index in [-0.39, 0.29) is 5.41 Å². The third-order valence-corrected chi connectivity index (χ3v) is 4.21. The summed E-state index contributed by atoms with van der Waals surface area (Å²) in [6.07, 6.45) is 2.69. The number of hydrogen-bond acceptors (Lipinski definition) is 2. The van der Waals surface area contributed by atoms with Crippen molar-refractivity contribution in [2.24, 2.45) is 5.73 Å². The van der Waals surface area contributed by atoms with Gasteiger partial charge in [-0.3, -0.25) is 0 Å². The molecule has 1 aromatic carbocycles. The van der Waals surface area contributed by atoms with E-state index in [2.05, 4.69) is 49.9 Å². The van der Waals surface area contributed by atoms with Crippen LogP contribution in [0.3, 0.4) is 0 Å². The maximum Gasteiger partial charge on any atom is 0.00888 e. The monoisotopic (exact) mass is 260 g/mol. The maximum atomic E-state index is 5.98. The molecule has 0 aliphatic carbocycles. The first-order valence-corrected chi connectivity index (χ1v) is 7.53. The summed E-state index contributed by atoms with van der Waals surface area (Å²) in [6, 6.07) is 9.08. The minimum absolute atomic E-state index is 0.228. The minimum atomic E-state index is 0.228. The first-order chi connectivity index (χ1) is 9.00. The molecule has 1 heterocycles. The second-order valence-electron chi connectivity index (χ2n) is 6.81. The van der Waals surface area contributed by atoms with E-state index in [1.165, 1.54) is 37.1 Å². The molecule has 106 valence electrons. The van der Waals surface area contributed by atoms with Gasteiger partial charge in [-0.1, -0.05) is 45.0 Å². The summed E-state index contributed by atoms with van der Waals surface area (Å²) in [5.41, 5.74) is 9.00. The second-order valence-corrected chi connectivity index (χ2v) is 6.81. The summed E-state index contributed by atoms with van der Waals surface area (Å²) in [5, 5.41) is 0. The van der Waals surface area contributed by atoms with Crippen LogP contribution in [0.4, 0.5) is 0 Å². The van der Waals surface area contributed by atoms with Crippen LogP contribution in [0.2, 0.25) is 0 Å². The third kappa shape index (κ3) is 3.80. The lowest BCUT2D eigenvalue weighted by Gasteiger charge is -2.24. The summed E-state index contributed by atoms with van der Waals surface area (Å²) >= 11 is 0. The van der Waals surface area contributed by atoms with Gasteiger partial charge in [0.2, 0.25) is 0 Å². The zero-order chi connectivity index (χ0) is 13.9. The molecule has 1 aliphatic heterocycles. The average Bonchev–Trinajstić information content (AvgIpc) is 2.88. The van der Waals surface area contributed by atoms with Gasteiger partial charge >= 0.3 is 0 Å². The van der Waals surface area contributed by atoms with Crippen molar-refractivity contribution in [3.63, 3.8) is 0 Å². The predicted molar refractivity (Wildman–Crippen MR) is 82.6 cm³/mol. The van der Waals surface area contributed by atoms with Crippen LogP contribution >= 0.6 is 0 Å². The molecule has 0 aromatic heterocycles. The lowest BCUT2D eigenvalue weighted by molar-refractivity contribution is 0.315. The summed E-state index contributed by atoms with van der Waals surface area (Å²) in [7, 11) is 0. The predicted octanol–water partition coefficient (Wildman–Crippen LogP) is 3.12. The van der Waals surface area contributed by atoms with E-state index < -0.39 is 0 Å². The fourth-order valence-electron chi connectivity index (χ4n) is 2.85. The van der Waals surface area contributed by atoms with Gasteiger partial charge in [-0.15, -0.1) is 0 Å². The van der Waals surface area contributed by atoms with E-state index in [9.17, 15) is 0 Å². The fraction of sp³-hybridized carbons (Fsp3) is 0.647. The molecule has 0 amide bonds. The second kappa shape index (κ2) is 6.06. The van der Waals surface area contributed by atoms with Crippen LogP contribution in [0.25, 0.3) is 0 Å². The van der Waals surface area contributed by atoms with Gasteiger partial charge in [0.1, 0.15) is 0 Å². The topological polar surface area (TPSA) is 29.3 Å². The van der Waals surface area contributed by atoms with Gasteiger partial charge in [0.05, 0.1) is 0 Å². The molecule has 1 aliphatic rings. The molecule has 1 fully saturated rings. The largest absolute Gasteiger partial charge is 0.330 e. The first-order valence-electron chi connectivity index (χ1n) is 7.53. The SMILES string of the molecule is CC(C)(C)c1ccc(C(CN)CN2CCCC2)cc1. The summed E-state index contributed by atoms with van der Waals surface area (Å²) in [5.74, 6) is 0.479. The maximum absolute atomic E-state index is 5.98. The van der Waals surface area contributed by atoms with Crippen molar-refractivity contribution in [1.82, 2.24) is 4.90 Å². The van der Waals surface area contributed by atoms with Crippen molar-refractivity contribution in [2.75, 3.05) is 26.2 Å². The van der Waals surface area contributed by atoms with Crippen molar-refractivity contribution in [2.45, 2.75) is 44.9 Å². The van der Waals surface area contributed by atoms with E-state index >= 15 is 0 Å². The molecule has 2 N–H and O–H groups in total. The Hall–Kier alpha value is -0.860. The highest BCUT2D eigenvalue weighted by molar-refractivity contribution is 5.30. The van der Waals surface area contributed by atoms with Crippen molar-refractivity contribution < 1.29 is 0 Å². The molecule has 2 heteroatoms. The standard InChI is InChI=1S/C17H28N2/c1-17(2,3)16-8-6-14(7-9-16)15(12-18)13-19-10-4-5-11-19/h6-9,15H,4-5,10-13,18H2,1-3H3. The van der Waals surface area contributed by atoms with Crippen molar-refractivity contribution in [1.29, 1.82) is 0 Å². The zero-order valence-corrected chi connectivity index (χ0v) is 12.7. The van der Waals surface area contributed by atoms with Gasteiger partial charge in [0, 0.05) is 19.0 Å². The third-order valence-electron chi connectivity index (χ3n) is 4.21. The molecular formula is C17H28N2. The highest BCUT2D eigenvalue weighted by atomic mass is 15.1. The number of nitrogens with two attached hydrogens (primary N) is 1. The lowest BCUT2D eigenvalue weighted by Crippen LogP contribution is -2.29. The molecule has 0 saturated carbocycles. The normalized spacial score (nSPS) is 18.7. The van der Waals surface area contributed by atoms with E-state index in [1.807, 2.05) is 0 Å². The van der Waals surface area contributed by atoms with E-state index in [1.54, 1.807) is 0 Å². The Balaban J connectivity index is 2.05. The Morgan fingerprint density at radius 1 is 1.11 bits per heavy atom. The zero-order valence-electron chi connectivity index (χ0n) is 12.7. The quantitative estimate of drug-likeness (QED) is 0.901. The Bertz CT molecular complexity index is 383. The van der Waals surface area contributed by atoms with Gasteiger partial charge in [0.15, 0.2) is 0 Å². The molecule has 1 unspecified atom stereocenters. The van der Waals surface area contributed by atoms with Gasteiger partial charge in [0.25, 0.3) is 0 Å². The first kappa shape index (κ1) is 14.5. The van der Waals surface area contributed by atoms with E-state index in [0.29, 0.717) is 5.92 Å². The Kier molecular flexibility index (Phi) is 4.64. The van der Waals surface area contributed by atoms with E-state index in [0.717, 1.165) is 13.1 Å². The Morgan fingerprint density at radius 3 is 2.16 bits per heavy atom. The molecule has 0 bridgehead atoms. The number of hydrogen-bond donors (Lipinski definition) is 1. The van der Waals surface area contributed by atoms with Crippen LogP contribution in [-0.4, -0.2) is 31.1 Å². The number of rotatable bonds is 4. The van der Waals surface area contributed by atoms with Gasteiger partial charge in [-0.05, 0) is 42.5 Å². The van der Waals surface area contributed by atoms with Crippen LogP contribution in [-0.2, 0) is 5.41 Å². The Labute approximate surface area is 118 Å². The highest BCUT2D eigenvalue weighted by Gasteiger charge is 2.19. The molecule has 1 saturated heterocycles. The van der Waals surface area contributed by atoms with Crippen LogP contribution < -0.4 is 5.73 Å². The van der Waals surface area contributed by atoms with Crippen molar-refractivity contribution in [3.05, 3.63) is 35.4 Å². The summed E-state index contributed by atoms with van der Waals surface area (Å²) < 4.78 is 0. The molecule has 1 aromatic rings. The van der Waals surface area contributed by atoms with Crippen LogP contribution in [0.1, 0.15) is 50.7 Å². The molecule has 1 atom stereocenters. The van der Waals surface area contributed by atoms with Crippen molar-refractivity contribution in [3.8, 4) is 0 Å². The molecule has 2 rings (SSSR count). The lowest BCUT2D eigenvalue weighted by atomic mass is 9.85. The highest BCUT2D eigenvalue weighted by Crippen LogP contribution is 2.25. The van der Waals surface area contributed by atoms with Gasteiger partial charge in [-0.25, -0.2) is 0 Å². The van der Waals surface area contributed by atoms with Crippen molar-refractivity contribution >= 4 is 0 Å². The number of likely N-dealkylation sites (tertiary alicyclic amines) is 1. The van der Waals surface area contributed by atoms with Gasteiger partial charge < -0.3 is 10.6 Å². The van der Waals surface area contributed by atoms with Crippen LogP contribution in [0.15, 0.2) is 24.3 Å². The van der Waals surface area contributed by atoms with Crippen LogP contribution in [0.5, 0.6) is 0 Å².